The number of methoxy groups -OCH3 is 2. The summed E-state index contributed by atoms with van der Waals surface area (Å²) in [7, 11) is 3.26. The highest BCUT2D eigenvalue weighted by molar-refractivity contribution is 5.66. The second kappa shape index (κ2) is 18.3. The standard InChI is InChI=1S/C38H66O13/c1-17-18(2)25(9)45-36(21(17)5)49-32-20(4)23(7)37(48-30(32)16-44-28(12)40)51-34-26(10)46-38(24(8)33(34)41-13)50-31-19(3)22(6)35(42-14)47-29(31)15-43-27(11)39/h17-26,29-38H,15-16H2,1-14H3/t17-,18+,19+,20?,21?,22?,23?,24?,25?,26-,29?,30+,31+,32-,33?,34+,35+,36-,37+,38+/m0/s1. The first-order valence-corrected chi connectivity index (χ1v) is 18.9. The summed E-state index contributed by atoms with van der Waals surface area (Å²) >= 11 is 0. The van der Waals surface area contributed by atoms with Crippen molar-refractivity contribution in [2.24, 2.45) is 47.3 Å². The number of esters is 2. The van der Waals surface area contributed by atoms with Crippen molar-refractivity contribution in [1.29, 1.82) is 0 Å². The molecule has 8 unspecified atom stereocenters. The molecule has 0 aromatic carbocycles. The van der Waals surface area contributed by atoms with Gasteiger partial charge in [-0.2, -0.15) is 0 Å². The van der Waals surface area contributed by atoms with E-state index in [0.717, 1.165) is 0 Å². The Morgan fingerprint density at radius 2 is 0.843 bits per heavy atom. The Morgan fingerprint density at radius 3 is 1.33 bits per heavy atom. The van der Waals surface area contributed by atoms with Gasteiger partial charge in [-0.15, -0.1) is 0 Å². The molecule has 0 N–H and O–H groups in total. The maximum absolute atomic E-state index is 11.9. The van der Waals surface area contributed by atoms with Crippen LogP contribution in [0, 0.1) is 47.3 Å². The predicted octanol–water partition coefficient (Wildman–Crippen LogP) is 4.96. The molecule has 0 saturated carbocycles. The van der Waals surface area contributed by atoms with Crippen LogP contribution in [0.1, 0.15) is 83.1 Å². The van der Waals surface area contributed by atoms with Crippen LogP contribution in [0.4, 0.5) is 0 Å². The average molecular weight is 731 g/mol. The molecule has 20 atom stereocenters. The van der Waals surface area contributed by atoms with Gasteiger partial charge in [0.2, 0.25) is 0 Å². The number of carbonyl (C=O) groups excluding carboxylic acids is 2. The van der Waals surface area contributed by atoms with E-state index in [-0.39, 0.29) is 54.8 Å². The number of carbonyl (C=O) groups is 2. The summed E-state index contributed by atoms with van der Waals surface area (Å²) in [5.74, 6) is -0.166. The fourth-order valence-corrected chi connectivity index (χ4v) is 8.10. The molecule has 13 heteroatoms. The number of rotatable bonds is 12. The van der Waals surface area contributed by atoms with E-state index in [0.29, 0.717) is 11.8 Å². The van der Waals surface area contributed by atoms with Gasteiger partial charge in [0, 0.05) is 51.7 Å². The topological polar surface area (TPSA) is 136 Å². The molecule has 0 aliphatic carbocycles. The van der Waals surface area contributed by atoms with Gasteiger partial charge in [-0.05, 0) is 37.5 Å². The molecule has 13 nitrogen and oxygen atoms in total. The van der Waals surface area contributed by atoms with Crippen LogP contribution in [0.15, 0.2) is 0 Å². The smallest absolute Gasteiger partial charge is 0.302 e. The lowest BCUT2D eigenvalue weighted by Crippen LogP contribution is -2.61. The van der Waals surface area contributed by atoms with Crippen LogP contribution in [-0.2, 0) is 61.7 Å². The van der Waals surface area contributed by atoms with E-state index >= 15 is 0 Å². The monoisotopic (exact) mass is 730 g/mol. The van der Waals surface area contributed by atoms with Gasteiger partial charge in [0.15, 0.2) is 25.2 Å². The largest absolute Gasteiger partial charge is 0.463 e. The van der Waals surface area contributed by atoms with Gasteiger partial charge >= 0.3 is 11.9 Å². The molecule has 4 rings (SSSR count). The third-order valence-corrected chi connectivity index (χ3v) is 12.4. The van der Waals surface area contributed by atoms with Crippen LogP contribution in [-0.4, -0.2) is 113 Å². The van der Waals surface area contributed by atoms with Crippen molar-refractivity contribution in [2.75, 3.05) is 27.4 Å². The maximum atomic E-state index is 11.9. The first-order chi connectivity index (χ1) is 24.0. The zero-order valence-electron chi connectivity index (χ0n) is 33.3. The minimum absolute atomic E-state index is 0.00412. The van der Waals surface area contributed by atoms with E-state index < -0.39 is 79.8 Å². The summed E-state index contributed by atoms with van der Waals surface area (Å²) < 4.78 is 68.5. The Morgan fingerprint density at radius 1 is 0.431 bits per heavy atom. The van der Waals surface area contributed by atoms with Crippen LogP contribution in [0.2, 0.25) is 0 Å². The van der Waals surface area contributed by atoms with Crippen LogP contribution >= 0.6 is 0 Å². The fraction of sp³-hybridized carbons (Fsp3) is 0.947. The molecule has 0 amide bonds. The van der Waals surface area contributed by atoms with E-state index in [1.807, 2.05) is 20.8 Å². The van der Waals surface area contributed by atoms with Crippen molar-refractivity contribution in [3.05, 3.63) is 0 Å². The van der Waals surface area contributed by atoms with E-state index in [9.17, 15) is 9.59 Å². The van der Waals surface area contributed by atoms with Gasteiger partial charge in [0.25, 0.3) is 0 Å². The molecule has 51 heavy (non-hydrogen) atoms. The van der Waals surface area contributed by atoms with E-state index in [1.54, 1.807) is 14.2 Å². The summed E-state index contributed by atoms with van der Waals surface area (Å²) in [4.78, 5) is 23.6. The Kier molecular flexibility index (Phi) is 15.2. The highest BCUT2D eigenvalue weighted by Crippen LogP contribution is 2.42. The van der Waals surface area contributed by atoms with Gasteiger partial charge < -0.3 is 52.1 Å². The minimum atomic E-state index is -0.659. The third-order valence-electron chi connectivity index (χ3n) is 12.4. The van der Waals surface area contributed by atoms with Crippen LogP contribution < -0.4 is 0 Å². The molecule has 0 aromatic heterocycles. The van der Waals surface area contributed by atoms with Gasteiger partial charge in [-0.1, -0.05) is 55.4 Å². The van der Waals surface area contributed by atoms with Crippen molar-refractivity contribution in [3.8, 4) is 0 Å². The molecule has 0 radical (unpaired) electrons. The van der Waals surface area contributed by atoms with Gasteiger partial charge in [-0.3, -0.25) is 9.59 Å². The van der Waals surface area contributed by atoms with Crippen molar-refractivity contribution >= 4 is 11.9 Å². The summed E-state index contributed by atoms with van der Waals surface area (Å²) in [5, 5.41) is 0. The molecule has 4 aliphatic rings. The van der Waals surface area contributed by atoms with Crippen molar-refractivity contribution in [2.45, 2.75) is 157 Å². The molecule has 296 valence electrons. The highest BCUT2D eigenvalue weighted by Gasteiger charge is 2.52. The lowest BCUT2D eigenvalue weighted by atomic mass is 9.79. The highest BCUT2D eigenvalue weighted by atomic mass is 16.8. The van der Waals surface area contributed by atoms with Crippen LogP contribution in [0.3, 0.4) is 0 Å². The Balaban J connectivity index is 1.49. The third kappa shape index (κ3) is 9.64. The average Bonchev–Trinajstić information content (AvgIpc) is 3.08. The molecule has 4 saturated heterocycles. The Hall–Kier alpha value is -1.42. The molecule has 4 heterocycles. The maximum Gasteiger partial charge on any atom is 0.302 e. The first kappa shape index (κ1) is 42.3. The lowest BCUT2D eigenvalue weighted by Gasteiger charge is -2.51. The minimum Gasteiger partial charge on any atom is -0.463 e. The molecule has 0 bridgehead atoms. The number of hydrogen-bond acceptors (Lipinski definition) is 13. The zero-order valence-corrected chi connectivity index (χ0v) is 33.3. The van der Waals surface area contributed by atoms with Gasteiger partial charge in [-0.25, -0.2) is 0 Å². The van der Waals surface area contributed by atoms with Crippen LogP contribution in [0.5, 0.6) is 0 Å². The van der Waals surface area contributed by atoms with E-state index in [2.05, 4.69) is 48.5 Å². The zero-order chi connectivity index (χ0) is 37.9. The number of hydrogen-bond donors (Lipinski definition) is 0. The van der Waals surface area contributed by atoms with Crippen molar-refractivity contribution in [3.63, 3.8) is 0 Å². The Labute approximate surface area is 305 Å². The summed E-state index contributed by atoms with van der Waals surface area (Å²) in [6, 6.07) is 0. The SMILES string of the molecule is COC1C(C)[C@@H](O[C@H]2C(COC(C)=O)O[C@@H](OC)C(C)[C@H]2C)O[C@@H](C)[C@H]1O[C@H]1O[C@H](COC(C)=O)[C@@H](O[C@@H]2OC(C)[C@H](C)[C@H](C)C2C)C(C)C1C. The fourth-order valence-electron chi connectivity index (χ4n) is 8.10. The van der Waals surface area contributed by atoms with E-state index in [1.165, 1.54) is 13.8 Å². The summed E-state index contributed by atoms with van der Waals surface area (Å²) in [6.07, 6.45) is -5.47. The van der Waals surface area contributed by atoms with Gasteiger partial charge in [0.1, 0.15) is 31.5 Å². The summed E-state index contributed by atoms with van der Waals surface area (Å²) in [5.41, 5.74) is 0. The number of ether oxygens (including phenoxy) is 11. The first-order valence-electron chi connectivity index (χ1n) is 18.9. The normalized spacial score (nSPS) is 47.8. The van der Waals surface area contributed by atoms with E-state index in [4.69, 9.17) is 52.1 Å². The molecule has 0 aromatic rings. The second-order valence-electron chi connectivity index (χ2n) is 15.7. The van der Waals surface area contributed by atoms with Gasteiger partial charge in [0.05, 0.1) is 30.5 Å². The van der Waals surface area contributed by atoms with Crippen LogP contribution in [0.25, 0.3) is 0 Å². The molecule has 4 aliphatic heterocycles. The van der Waals surface area contributed by atoms with Crippen molar-refractivity contribution in [1.82, 2.24) is 0 Å². The Bertz CT molecular complexity index is 1120. The second-order valence-corrected chi connectivity index (χ2v) is 15.7. The quantitative estimate of drug-likeness (QED) is 0.251. The van der Waals surface area contributed by atoms with Crippen molar-refractivity contribution < 1.29 is 61.7 Å². The predicted molar refractivity (Wildman–Crippen MR) is 185 cm³/mol. The molecule has 0 spiro atoms. The molecule has 4 fully saturated rings. The molecular formula is C38H66O13. The lowest BCUT2D eigenvalue weighted by molar-refractivity contribution is -0.365. The molecular weight excluding hydrogens is 664 g/mol. The summed E-state index contributed by atoms with van der Waals surface area (Å²) in [6.45, 7) is 23.8.